The van der Waals surface area contributed by atoms with E-state index in [1.807, 2.05) is 0 Å². The normalized spacial score (nSPS) is 11.5. The number of hydrogen-bond donors (Lipinski definition) is 1. The zero-order valence-corrected chi connectivity index (χ0v) is 8.53. The summed E-state index contributed by atoms with van der Waals surface area (Å²) in [7, 11) is 0. The first-order valence-corrected chi connectivity index (χ1v) is 4.30. The summed E-state index contributed by atoms with van der Waals surface area (Å²) in [5, 5.41) is 10.2. The Kier molecular flexibility index (Phi) is 3.15. The quantitative estimate of drug-likeness (QED) is 0.475. The maximum absolute atomic E-state index is 12.4. The second-order valence-corrected chi connectivity index (χ2v) is 3.49. The Morgan fingerprint density at radius 1 is 1.40 bits per heavy atom. The highest BCUT2D eigenvalue weighted by molar-refractivity contribution is 7.80. The van der Waals surface area contributed by atoms with Crippen molar-refractivity contribution in [3.05, 3.63) is 32.8 Å². The fourth-order valence-corrected chi connectivity index (χ4v) is 1.68. The van der Waals surface area contributed by atoms with Crippen molar-refractivity contribution < 1.29 is 18.1 Å². The third-order valence-corrected chi connectivity index (χ3v) is 2.11. The molecule has 0 N–H and O–H groups in total. The van der Waals surface area contributed by atoms with Gasteiger partial charge in [-0.3, -0.25) is 10.1 Å². The minimum absolute atomic E-state index is 0.167. The Morgan fingerprint density at radius 2 is 1.93 bits per heavy atom. The van der Waals surface area contributed by atoms with Gasteiger partial charge >= 0.3 is 6.18 Å². The summed E-state index contributed by atoms with van der Waals surface area (Å²) in [5.74, 6) is 0. The third-order valence-electron chi connectivity index (χ3n) is 1.54. The smallest absolute Gasteiger partial charge is 0.258 e. The highest BCUT2D eigenvalue weighted by Gasteiger charge is 2.40. The monoisotopic (exact) mass is 257 g/mol. The van der Waals surface area contributed by atoms with Crippen molar-refractivity contribution in [1.29, 1.82) is 0 Å². The number of thiol groups is 1. The van der Waals surface area contributed by atoms with Crippen LogP contribution in [0.3, 0.4) is 0 Å². The molecule has 0 aromatic heterocycles. The van der Waals surface area contributed by atoms with Crippen molar-refractivity contribution in [3.8, 4) is 0 Å². The van der Waals surface area contributed by atoms with Gasteiger partial charge in [0.15, 0.2) is 0 Å². The van der Waals surface area contributed by atoms with Crippen LogP contribution in [0.5, 0.6) is 0 Å². The lowest BCUT2D eigenvalue weighted by Gasteiger charge is -2.09. The fraction of sp³-hybridized carbons (Fsp3) is 0.143. The Labute approximate surface area is 92.4 Å². The van der Waals surface area contributed by atoms with E-state index in [1.165, 1.54) is 0 Å². The average Bonchev–Trinajstić information content (AvgIpc) is 1.99. The van der Waals surface area contributed by atoms with E-state index in [1.54, 1.807) is 0 Å². The standard InChI is InChI=1S/C7H3ClF3NO2S/c8-3-1-4(12(13)14)6(5(15)2-3)7(9,10)11/h1-2,15H. The Morgan fingerprint density at radius 3 is 2.33 bits per heavy atom. The minimum Gasteiger partial charge on any atom is -0.258 e. The molecule has 0 aliphatic carbocycles. The lowest BCUT2D eigenvalue weighted by Crippen LogP contribution is -2.10. The van der Waals surface area contributed by atoms with Crippen LogP contribution in [-0.4, -0.2) is 4.92 Å². The molecular formula is C7H3ClF3NO2S. The second-order valence-electron chi connectivity index (χ2n) is 2.57. The number of benzene rings is 1. The van der Waals surface area contributed by atoms with E-state index in [2.05, 4.69) is 12.6 Å². The maximum Gasteiger partial charge on any atom is 0.424 e. The van der Waals surface area contributed by atoms with Crippen LogP contribution in [0.1, 0.15) is 5.56 Å². The van der Waals surface area contributed by atoms with Gasteiger partial charge in [0.2, 0.25) is 0 Å². The fourth-order valence-electron chi connectivity index (χ4n) is 1.01. The molecule has 0 radical (unpaired) electrons. The molecule has 0 unspecified atom stereocenters. The summed E-state index contributed by atoms with van der Waals surface area (Å²) in [6, 6.07) is 1.55. The average molecular weight is 258 g/mol. The van der Waals surface area contributed by atoms with Crippen LogP contribution >= 0.6 is 24.2 Å². The summed E-state index contributed by atoms with van der Waals surface area (Å²) in [5.41, 5.74) is -2.49. The Hall–Kier alpha value is -0.950. The molecule has 1 aromatic carbocycles. The van der Waals surface area contributed by atoms with Gasteiger partial charge in [0.05, 0.1) is 4.92 Å². The first-order chi connectivity index (χ1) is 6.73. The molecule has 82 valence electrons. The van der Waals surface area contributed by atoms with Crippen molar-refractivity contribution in [2.24, 2.45) is 0 Å². The van der Waals surface area contributed by atoms with E-state index in [0.717, 1.165) is 6.07 Å². The molecule has 3 nitrogen and oxygen atoms in total. The van der Waals surface area contributed by atoms with Crippen molar-refractivity contribution in [2.75, 3.05) is 0 Å². The Bertz CT molecular complexity index is 421. The van der Waals surface area contributed by atoms with Gasteiger partial charge in [-0.25, -0.2) is 0 Å². The number of nitrogens with zero attached hydrogens (tertiary/aromatic N) is 1. The first-order valence-electron chi connectivity index (χ1n) is 3.47. The molecule has 0 bridgehead atoms. The third kappa shape index (κ3) is 2.54. The molecule has 0 saturated heterocycles. The number of nitro benzene ring substituents is 1. The van der Waals surface area contributed by atoms with Gasteiger partial charge in [0.25, 0.3) is 5.69 Å². The van der Waals surface area contributed by atoms with E-state index in [-0.39, 0.29) is 5.02 Å². The van der Waals surface area contributed by atoms with Crippen molar-refractivity contribution in [1.82, 2.24) is 0 Å². The highest BCUT2D eigenvalue weighted by atomic mass is 35.5. The number of nitro groups is 1. The molecule has 0 fully saturated rings. The number of alkyl halides is 3. The minimum atomic E-state index is -4.83. The van der Waals surface area contributed by atoms with E-state index in [9.17, 15) is 23.3 Å². The molecule has 1 rings (SSSR count). The van der Waals surface area contributed by atoms with Gasteiger partial charge in [-0.05, 0) is 6.07 Å². The summed E-state index contributed by atoms with van der Waals surface area (Å²) in [6.07, 6.45) is -4.83. The van der Waals surface area contributed by atoms with E-state index in [4.69, 9.17) is 11.6 Å². The topological polar surface area (TPSA) is 43.1 Å². The summed E-state index contributed by atoms with van der Waals surface area (Å²) in [6.45, 7) is 0. The predicted molar refractivity (Wildman–Crippen MR) is 50.4 cm³/mol. The van der Waals surface area contributed by atoms with Crippen LogP contribution in [0, 0.1) is 10.1 Å². The summed E-state index contributed by atoms with van der Waals surface area (Å²) < 4.78 is 37.2. The molecule has 0 aliphatic rings. The molecule has 0 saturated carbocycles. The first kappa shape index (κ1) is 12.1. The van der Waals surface area contributed by atoms with E-state index < -0.39 is 27.2 Å². The zero-order valence-electron chi connectivity index (χ0n) is 6.88. The zero-order chi connectivity index (χ0) is 11.8. The highest BCUT2D eigenvalue weighted by Crippen LogP contribution is 2.41. The molecule has 0 aliphatic heterocycles. The molecule has 1 aromatic rings. The van der Waals surface area contributed by atoms with Crippen LogP contribution in [0.25, 0.3) is 0 Å². The number of rotatable bonds is 1. The van der Waals surface area contributed by atoms with Crippen LogP contribution in [0.4, 0.5) is 18.9 Å². The van der Waals surface area contributed by atoms with Gasteiger partial charge in [0, 0.05) is 16.0 Å². The van der Waals surface area contributed by atoms with Crippen LogP contribution in [0.2, 0.25) is 5.02 Å². The van der Waals surface area contributed by atoms with Crippen LogP contribution in [-0.2, 0) is 6.18 Å². The predicted octanol–water partition coefficient (Wildman–Crippen LogP) is 3.56. The Balaban J connectivity index is 3.55. The molecule has 0 atom stereocenters. The summed E-state index contributed by atoms with van der Waals surface area (Å²) in [4.78, 5) is 8.67. The van der Waals surface area contributed by atoms with Gasteiger partial charge in [-0.2, -0.15) is 13.2 Å². The SMILES string of the molecule is O=[N+]([O-])c1cc(Cl)cc(S)c1C(F)(F)F. The lowest BCUT2D eigenvalue weighted by molar-refractivity contribution is -0.388. The van der Waals surface area contributed by atoms with Gasteiger partial charge in [-0.15, -0.1) is 12.6 Å². The molecule has 0 amide bonds. The lowest BCUT2D eigenvalue weighted by atomic mass is 10.1. The van der Waals surface area contributed by atoms with Gasteiger partial charge in [0.1, 0.15) is 5.56 Å². The molecule has 0 heterocycles. The molecule has 8 heteroatoms. The second kappa shape index (κ2) is 3.90. The molecule has 15 heavy (non-hydrogen) atoms. The van der Waals surface area contributed by atoms with Gasteiger partial charge in [-0.1, -0.05) is 11.6 Å². The van der Waals surface area contributed by atoms with Crippen molar-refractivity contribution in [3.63, 3.8) is 0 Å². The largest absolute Gasteiger partial charge is 0.424 e. The van der Waals surface area contributed by atoms with E-state index >= 15 is 0 Å². The van der Waals surface area contributed by atoms with Crippen LogP contribution in [0.15, 0.2) is 17.0 Å². The summed E-state index contributed by atoms with van der Waals surface area (Å²) >= 11 is 8.91. The van der Waals surface area contributed by atoms with Crippen molar-refractivity contribution >= 4 is 29.9 Å². The van der Waals surface area contributed by atoms with Gasteiger partial charge < -0.3 is 0 Å². The van der Waals surface area contributed by atoms with Crippen molar-refractivity contribution in [2.45, 2.75) is 11.1 Å². The van der Waals surface area contributed by atoms with E-state index in [0.29, 0.717) is 6.07 Å². The number of halogens is 4. The molecule has 0 spiro atoms. The van der Waals surface area contributed by atoms with Crippen LogP contribution < -0.4 is 0 Å². The molecular weight excluding hydrogens is 255 g/mol. The number of hydrogen-bond acceptors (Lipinski definition) is 3. The maximum atomic E-state index is 12.4.